The quantitative estimate of drug-likeness (QED) is 0.848. The molecule has 0 aliphatic heterocycles. The topological polar surface area (TPSA) is 72.3 Å². The molecule has 0 aliphatic rings. The van der Waals surface area contributed by atoms with Crippen LogP contribution in [0, 0.1) is 0 Å². The normalized spacial score (nSPS) is 11.4. The summed E-state index contributed by atoms with van der Waals surface area (Å²) in [5.74, 6) is -0.168. The zero-order valence-electron chi connectivity index (χ0n) is 12.1. The minimum absolute atomic E-state index is 0.168. The first-order valence-electron chi connectivity index (χ1n) is 6.30. The van der Waals surface area contributed by atoms with E-state index in [1.54, 1.807) is 22.8 Å². The molecular formula is C14H17N3O3S. The molecule has 1 aromatic heterocycles. The van der Waals surface area contributed by atoms with E-state index in [-0.39, 0.29) is 10.8 Å². The van der Waals surface area contributed by atoms with Gasteiger partial charge in [-0.05, 0) is 24.3 Å². The Morgan fingerprint density at radius 1 is 1.29 bits per heavy atom. The Hall–Kier alpha value is -2.15. The van der Waals surface area contributed by atoms with Gasteiger partial charge in [-0.1, -0.05) is 0 Å². The van der Waals surface area contributed by atoms with E-state index in [1.165, 1.54) is 24.3 Å². The average molecular weight is 307 g/mol. The fourth-order valence-corrected chi connectivity index (χ4v) is 2.59. The van der Waals surface area contributed by atoms with E-state index in [0.717, 1.165) is 11.8 Å². The monoisotopic (exact) mass is 307 g/mol. The van der Waals surface area contributed by atoms with Crippen LogP contribution >= 0.6 is 0 Å². The first kappa shape index (κ1) is 15.2. The van der Waals surface area contributed by atoms with Crippen LogP contribution < -0.4 is 0 Å². The van der Waals surface area contributed by atoms with Gasteiger partial charge in [0.1, 0.15) is 0 Å². The maximum atomic E-state index is 12.3. The van der Waals surface area contributed by atoms with Crippen molar-refractivity contribution in [3.63, 3.8) is 0 Å². The molecule has 1 heterocycles. The lowest BCUT2D eigenvalue weighted by atomic mass is 10.2. The highest BCUT2D eigenvalue weighted by Gasteiger charge is 2.14. The van der Waals surface area contributed by atoms with Crippen LogP contribution in [0.3, 0.4) is 0 Å². The highest BCUT2D eigenvalue weighted by Crippen LogP contribution is 2.13. The van der Waals surface area contributed by atoms with Crippen LogP contribution in [0.2, 0.25) is 0 Å². The molecule has 0 fully saturated rings. The molecule has 6 nitrogen and oxygen atoms in total. The number of nitrogens with zero attached hydrogens (tertiary/aromatic N) is 3. The summed E-state index contributed by atoms with van der Waals surface area (Å²) in [6.07, 6.45) is 4.69. The fourth-order valence-electron chi connectivity index (χ4n) is 1.96. The Labute approximate surface area is 123 Å². The van der Waals surface area contributed by atoms with Crippen molar-refractivity contribution < 1.29 is 13.2 Å². The average Bonchev–Trinajstić information content (AvgIpc) is 2.82. The highest BCUT2D eigenvalue weighted by atomic mass is 32.2. The number of sulfone groups is 1. The van der Waals surface area contributed by atoms with Gasteiger partial charge in [-0.3, -0.25) is 9.48 Å². The third-order valence-corrected chi connectivity index (χ3v) is 4.18. The SMILES string of the molecule is CN(Cc1cnn(C)c1)C(=O)c1ccc(S(C)(=O)=O)cc1. The maximum Gasteiger partial charge on any atom is 0.253 e. The van der Waals surface area contributed by atoms with Gasteiger partial charge in [-0.15, -0.1) is 0 Å². The molecule has 2 rings (SSSR count). The summed E-state index contributed by atoms with van der Waals surface area (Å²) in [6.45, 7) is 0.445. The summed E-state index contributed by atoms with van der Waals surface area (Å²) >= 11 is 0. The smallest absolute Gasteiger partial charge is 0.253 e. The lowest BCUT2D eigenvalue weighted by molar-refractivity contribution is 0.0785. The van der Waals surface area contributed by atoms with Gasteiger partial charge >= 0.3 is 0 Å². The van der Waals surface area contributed by atoms with Crippen molar-refractivity contribution in [1.29, 1.82) is 0 Å². The van der Waals surface area contributed by atoms with Gasteiger partial charge in [0.15, 0.2) is 9.84 Å². The van der Waals surface area contributed by atoms with E-state index in [1.807, 2.05) is 13.2 Å². The minimum atomic E-state index is -3.25. The van der Waals surface area contributed by atoms with Gasteiger partial charge in [-0.25, -0.2) is 8.42 Å². The molecule has 0 atom stereocenters. The molecule has 7 heteroatoms. The lowest BCUT2D eigenvalue weighted by Crippen LogP contribution is -2.26. The molecule has 0 unspecified atom stereocenters. The van der Waals surface area contributed by atoms with E-state index in [4.69, 9.17) is 0 Å². The Morgan fingerprint density at radius 3 is 2.38 bits per heavy atom. The van der Waals surface area contributed by atoms with Gasteiger partial charge < -0.3 is 4.90 Å². The maximum absolute atomic E-state index is 12.3. The minimum Gasteiger partial charge on any atom is -0.337 e. The molecule has 21 heavy (non-hydrogen) atoms. The van der Waals surface area contributed by atoms with Gasteiger partial charge in [0, 0.05) is 44.2 Å². The molecule has 0 saturated carbocycles. The van der Waals surface area contributed by atoms with Crippen LogP contribution in [0.25, 0.3) is 0 Å². The molecule has 0 spiro atoms. The van der Waals surface area contributed by atoms with Crippen molar-refractivity contribution in [2.75, 3.05) is 13.3 Å². The zero-order chi connectivity index (χ0) is 15.6. The van der Waals surface area contributed by atoms with Crippen LogP contribution in [0.4, 0.5) is 0 Å². The number of amides is 1. The third kappa shape index (κ3) is 3.69. The molecule has 2 aromatic rings. The van der Waals surface area contributed by atoms with Crippen molar-refractivity contribution in [3.05, 3.63) is 47.8 Å². The molecule has 0 radical (unpaired) electrons. The summed E-state index contributed by atoms with van der Waals surface area (Å²) in [6, 6.07) is 5.94. The predicted molar refractivity (Wildman–Crippen MR) is 78.6 cm³/mol. The number of aromatic nitrogens is 2. The highest BCUT2D eigenvalue weighted by molar-refractivity contribution is 7.90. The molecule has 0 bridgehead atoms. The summed E-state index contributed by atoms with van der Waals surface area (Å²) < 4.78 is 24.4. The van der Waals surface area contributed by atoms with Crippen molar-refractivity contribution in [1.82, 2.24) is 14.7 Å². The number of hydrogen-bond acceptors (Lipinski definition) is 4. The van der Waals surface area contributed by atoms with Crippen molar-refractivity contribution in [2.24, 2.45) is 7.05 Å². The first-order chi connectivity index (χ1) is 9.77. The van der Waals surface area contributed by atoms with Crippen molar-refractivity contribution in [3.8, 4) is 0 Å². The molecule has 1 aromatic carbocycles. The van der Waals surface area contributed by atoms with E-state index in [0.29, 0.717) is 12.1 Å². The largest absolute Gasteiger partial charge is 0.337 e. The fraction of sp³-hybridized carbons (Fsp3) is 0.286. The Balaban J connectivity index is 2.12. The van der Waals surface area contributed by atoms with E-state index < -0.39 is 9.84 Å². The second-order valence-corrected chi connectivity index (χ2v) is 7.00. The van der Waals surface area contributed by atoms with E-state index in [2.05, 4.69) is 5.10 Å². The Morgan fingerprint density at radius 2 is 1.90 bits per heavy atom. The van der Waals surface area contributed by atoms with Crippen LogP contribution in [0.1, 0.15) is 15.9 Å². The number of rotatable bonds is 4. The van der Waals surface area contributed by atoms with Crippen LogP contribution in [0.5, 0.6) is 0 Å². The summed E-state index contributed by atoms with van der Waals surface area (Å²) in [7, 11) is 0.262. The number of carbonyl (C=O) groups is 1. The third-order valence-electron chi connectivity index (χ3n) is 3.05. The van der Waals surface area contributed by atoms with Crippen LogP contribution in [-0.4, -0.2) is 42.3 Å². The Bertz CT molecular complexity index is 748. The van der Waals surface area contributed by atoms with Gasteiger partial charge in [0.2, 0.25) is 0 Å². The number of aryl methyl sites for hydroxylation is 1. The molecule has 1 amide bonds. The molecule has 0 aliphatic carbocycles. The first-order valence-corrected chi connectivity index (χ1v) is 8.19. The lowest BCUT2D eigenvalue weighted by Gasteiger charge is -2.16. The molecule has 0 N–H and O–H groups in total. The van der Waals surface area contributed by atoms with Gasteiger partial charge in [0.05, 0.1) is 11.1 Å². The van der Waals surface area contributed by atoms with E-state index in [9.17, 15) is 13.2 Å². The zero-order valence-corrected chi connectivity index (χ0v) is 13.0. The van der Waals surface area contributed by atoms with E-state index >= 15 is 0 Å². The van der Waals surface area contributed by atoms with Gasteiger partial charge in [-0.2, -0.15) is 5.10 Å². The molecule has 0 saturated heterocycles. The standard InChI is InChI=1S/C14H17N3O3S/c1-16(9-11-8-15-17(2)10-11)14(18)12-4-6-13(7-5-12)21(3,19)20/h4-8,10H,9H2,1-3H3. The second-order valence-electron chi connectivity index (χ2n) is 4.98. The molecule has 112 valence electrons. The second kappa shape index (κ2) is 5.69. The van der Waals surface area contributed by atoms with Gasteiger partial charge in [0.25, 0.3) is 5.91 Å². The summed E-state index contributed by atoms with van der Waals surface area (Å²) in [5, 5.41) is 4.05. The number of carbonyl (C=O) groups excluding carboxylic acids is 1. The van der Waals surface area contributed by atoms with Crippen molar-refractivity contribution >= 4 is 15.7 Å². The summed E-state index contributed by atoms with van der Waals surface area (Å²) in [4.78, 5) is 14.0. The summed E-state index contributed by atoms with van der Waals surface area (Å²) in [5.41, 5.74) is 1.38. The Kier molecular flexibility index (Phi) is 4.13. The number of hydrogen-bond donors (Lipinski definition) is 0. The predicted octanol–water partition coefficient (Wildman–Crippen LogP) is 1.10. The van der Waals surface area contributed by atoms with Crippen LogP contribution in [-0.2, 0) is 23.4 Å². The number of benzene rings is 1. The van der Waals surface area contributed by atoms with Crippen molar-refractivity contribution in [2.45, 2.75) is 11.4 Å². The van der Waals surface area contributed by atoms with Crippen LogP contribution in [0.15, 0.2) is 41.6 Å². The molecular weight excluding hydrogens is 290 g/mol.